The minimum absolute atomic E-state index is 0.383. The summed E-state index contributed by atoms with van der Waals surface area (Å²) >= 11 is 0. The number of pyridine rings is 2. The number of carbonyl (C=O) groups is 1. The van der Waals surface area contributed by atoms with Crippen LogP contribution in [0.2, 0.25) is 0 Å². The van der Waals surface area contributed by atoms with Gasteiger partial charge in [0.1, 0.15) is 5.60 Å². The number of alkyl carbamates (subject to hydrolysis) is 1. The first-order valence-corrected chi connectivity index (χ1v) is 7.11. The predicted molar refractivity (Wildman–Crippen MR) is 79.8 cm³/mol. The number of carbonyl (C=O) groups excluding carboxylic acids is 1. The molecule has 21 heavy (non-hydrogen) atoms. The number of fused-ring (bicyclic) bond motifs is 1. The van der Waals surface area contributed by atoms with Crippen LogP contribution in [0.3, 0.4) is 0 Å². The molecular weight excluding hydrogens is 266 g/mol. The summed E-state index contributed by atoms with van der Waals surface area (Å²) in [7, 11) is 0. The van der Waals surface area contributed by atoms with Crippen LogP contribution in [0, 0.1) is 0 Å². The van der Waals surface area contributed by atoms with E-state index in [1.54, 1.807) is 6.20 Å². The van der Waals surface area contributed by atoms with Crippen LogP contribution in [-0.4, -0.2) is 21.7 Å². The maximum absolute atomic E-state index is 12.0. The zero-order valence-corrected chi connectivity index (χ0v) is 12.5. The number of rotatable bonds is 2. The number of nitrogens with one attached hydrogen (secondary N) is 1. The van der Waals surface area contributed by atoms with Crippen molar-refractivity contribution in [2.75, 3.05) is 0 Å². The SMILES string of the molecule is CC(C)(C)OC(=O)NC1(c2ccc3ncccc3n2)CC1. The highest BCUT2D eigenvalue weighted by molar-refractivity contribution is 5.74. The molecule has 0 unspecified atom stereocenters. The molecule has 0 atom stereocenters. The number of aromatic nitrogens is 2. The van der Waals surface area contributed by atoms with Crippen LogP contribution in [0.4, 0.5) is 4.79 Å². The van der Waals surface area contributed by atoms with E-state index in [-0.39, 0.29) is 5.54 Å². The Morgan fingerprint density at radius 1 is 1.24 bits per heavy atom. The van der Waals surface area contributed by atoms with Crippen molar-refractivity contribution in [3.63, 3.8) is 0 Å². The average molecular weight is 285 g/mol. The Morgan fingerprint density at radius 2 is 2.00 bits per heavy atom. The summed E-state index contributed by atoms with van der Waals surface area (Å²) in [5.74, 6) is 0. The highest BCUT2D eigenvalue weighted by Crippen LogP contribution is 2.45. The second kappa shape index (κ2) is 4.69. The highest BCUT2D eigenvalue weighted by Gasteiger charge is 2.48. The van der Waals surface area contributed by atoms with E-state index in [1.807, 2.05) is 45.0 Å². The van der Waals surface area contributed by atoms with Gasteiger partial charge < -0.3 is 10.1 Å². The summed E-state index contributed by atoms with van der Waals surface area (Å²) in [4.78, 5) is 20.9. The van der Waals surface area contributed by atoms with Crippen molar-refractivity contribution >= 4 is 17.1 Å². The molecule has 5 nitrogen and oxygen atoms in total. The third-order valence-electron chi connectivity index (χ3n) is 3.44. The Bertz CT molecular complexity index is 687. The molecule has 2 heterocycles. The van der Waals surface area contributed by atoms with Crippen LogP contribution in [0.25, 0.3) is 11.0 Å². The quantitative estimate of drug-likeness (QED) is 0.920. The molecule has 1 aliphatic rings. The molecular formula is C16H19N3O2. The minimum Gasteiger partial charge on any atom is -0.444 e. The summed E-state index contributed by atoms with van der Waals surface area (Å²) in [5, 5.41) is 2.96. The van der Waals surface area contributed by atoms with Crippen molar-refractivity contribution in [2.24, 2.45) is 0 Å². The Morgan fingerprint density at radius 3 is 2.67 bits per heavy atom. The molecule has 2 aromatic rings. The molecule has 110 valence electrons. The zero-order valence-electron chi connectivity index (χ0n) is 12.5. The summed E-state index contributed by atoms with van der Waals surface area (Å²) in [6.07, 6.45) is 3.11. The lowest BCUT2D eigenvalue weighted by Crippen LogP contribution is -2.39. The van der Waals surface area contributed by atoms with Crippen LogP contribution >= 0.6 is 0 Å². The van der Waals surface area contributed by atoms with Gasteiger partial charge in [-0.15, -0.1) is 0 Å². The smallest absolute Gasteiger partial charge is 0.408 e. The summed E-state index contributed by atoms with van der Waals surface area (Å²) in [5.41, 5.74) is 1.68. The predicted octanol–water partition coefficient (Wildman–Crippen LogP) is 3.14. The van der Waals surface area contributed by atoms with E-state index in [2.05, 4.69) is 15.3 Å². The topological polar surface area (TPSA) is 64.1 Å². The van der Waals surface area contributed by atoms with Gasteiger partial charge in [-0.25, -0.2) is 9.78 Å². The van der Waals surface area contributed by atoms with Gasteiger partial charge in [0.25, 0.3) is 0 Å². The van der Waals surface area contributed by atoms with Crippen molar-refractivity contribution in [1.82, 2.24) is 15.3 Å². The monoisotopic (exact) mass is 285 g/mol. The maximum Gasteiger partial charge on any atom is 0.408 e. The van der Waals surface area contributed by atoms with E-state index < -0.39 is 11.7 Å². The van der Waals surface area contributed by atoms with E-state index in [1.165, 1.54) is 0 Å². The van der Waals surface area contributed by atoms with Crippen molar-refractivity contribution in [3.05, 3.63) is 36.2 Å². The number of nitrogens with zero attached hydrogens (tertiary/aromatic N) is 2. The summed E-state index contributed by atoms with van der Waals surface area (Å²) in [6.45, 7) is 5.56. The van der Waals surface area contributed by atoms with Gasteiger partial charge in [0.2, 0.25) is 0 Å². The third kappa shape index (κ3) is 2.96. The Hall–Kier alpha value is -2.17. The molecule has 0 radical (unpaired) electrons. The van der Waals surface area contributed by atoms with Gasteiger partial charge in [-0.2, -0.15) is 0 Å². The van der Waals surface area contributed by atoms with Crippen molar-refractivity contribution in [3.8, 4) is 0 Å². The van der Waals surface area contributed by atoms with Gasteiger partial charge in [-0.3, -0.25) is 4.98 Å². The van der Waals surface area contributed by atoms with Gasteiger partial charge in [-0.05, 0) is 57.9 Å². The van der Waals surface area contributed by atoms with E-state index >= 15 is 0 Å². The normalized spacial score (nSPS) is 16.5. The van der Waals surface area contributed by atoms with Crippen molar-refractivity contribution < 1.29 is 9.53 Å². The molecule has 1 aliphatic carbocycles. The molecule has 1 fully saturated rings. The molecule has 1 N–H and O–H groups in total. The molecule has 1 amide bonds. The molecule has 0 saturated heterocycles. The first-order valence-electron chi connectivity index (χ1n) is 7.11. The zero-order chi connectivity index (χ0) is 15.1. The lowest BCUT2D eigenvalue weighted by Gasteiger charge is -2.23. The van der Waals surface area contributed by atoms with Gasteiger partial charge in [0.05, 0.1) is 22.3 Å². The average Bonchev–Trinajstić information content (AvgIpc) is 3.16. The van der Waals surface area contributed by atoms with E-state index in [4.69, 9.17) is 4.74 Å². The van der Waals surface area contributed by atoms with Gasteiger partial charge in [-0.1, -0.05) is 0 Å². The fourth-order valence-corrected chi connectivity index (χ4v) is 2.29. The molecule has 0 aliphatic heterocycles. The van der Waals surface area contributed by atoms with E-state index in [0.29, 0.717) is 0 Å². The summed E-state index contributed by atoms with van der Waals surface area (Å²) < 4.78 is 5.33. The van der Waals surface area contributed by atoms with Crippen molar-refractivity contribution in [1.29, 1.82) is 0 Å². The Kier molecular flexibility index (Phi) is 3.08. The number of amides is 1. The first kappa shape index (κ1) is 13.8. The van der Waals surface area contributed by atoms with Crippen LogP contribution in [0.1, 0.15) is 39.3 Å². The molecule has 1 saturated carbocycles. The first-order chi connectivity index (χ1) is 9.88. The molecule has 2 aromatic heterocycles. The number of hydrogen-bond acceptors (Lipinski definition) is 4. The Labute approximate surface area is 123 Å². The summed E-state index contributed by atoms with van der Waals surface area (Å²) in [6, 6.07) is 7.66. The van der Waals surface area contributed by atoms with Gasteiger partial charge in [0, 0.05) is 6.20 Å². The maximum atomic E-state index is 12.0. The van der Waals surface area contributed by atoms with Crippen LogP contribution in [-0.2, 0) is 10.3 Å². The molecule has 3 rings (SSSR count). The van der Waals surface area contributed by atoms with Crippen LogP contribution in [0.15, 0.2) is 30.5 Å². The minimum atomic E-state index is -0.499. The van der Waals surface area contributed by atoms with Gasteiger partial charge >= 0.3 is 6.09 Å². The second-order valence-electron chi connectivity index (χ2n) is 6.45. The third-order valence-corrected chi connectivity index (χ3v) is 3.44. The molecule has 5 heteroatoms. The molecule has 0 aromatic carbocycles. The Balaban J connectivity index is 1.82. The number of hydrogen-bond donors (Lipinski definition) is 1. The van der Waals surface area contributed by atoms with Crippen LogP contribution < -0.4 is 5.32 Å². The fraction of sp³-hybridized carbons (Fsp3) is 0.438. The lowest BCUT2D eigenvalue weighted by atomic mass is 10.1. The standard InChI is InChI=1S/C16H19N3O2/c1-15(2,3)21-14(20)19-16(8-9-16)13-7-6-11-12(18-13)5-4-10-17-11/h4-7,10H,8-9H2,1-3H3,(H,19,20). The largest absolute Gasteiger partial charge is 0.444 e. The van der Waals surface area contributed by atoms with Gasteiger partial charge in [0.15, 0.2) is 0 Å². The number of ether oxygens (including phenoxy) is 1. The highest BCUT2D eigenvalue weighted by atomic mass is 16.6. The van der Waals surface area contributed by atoms with Crippen molar-refractivity contribution in [2.45, 2.75) is 44.8 Å². The fourth-order valence-electron chi connectivity index (χ4n) is 2.29. The molecule has 0 bridgehead atoms. The molecule has 0 spiro atoms. The lowest BCUT2D eigenvalue weighted by molar-refractivity contribution is 0.0494. The second-order valence-corrected chi connectivity index (χ2v) is 6.45. The van der Waals surface area contributed by atoms with Crippen LogP contribution in [0.5, 0.6) is 0 Å². The van der Waals surface area contributed by atoms with E-state index in [0.717, 1.165) is 29.6 Å². The van der Waals surface area contributed by atoms with E-state index in [9.17, 15) is 4.79 Å².